The molecular weight excluding hydrogens is 404 g/mol. The number of rotatable bonds is 8. The number of nitrogens with two attached hydrogens (primary N) is 1. The summed E-state index contributed by atoms with van der Waals surface area (Å²) < 4.78 is 7.62. The number of pyridine rings is 1. The van der Waals surface area contributed by atoms with E-state index in [4.69, 9.17) is 10.5 Å². The minimum Gasteiger partial charge on any atom is -0.439 e. The van der Waals surface area contributed by atoms with Gasteiger partial charge in [0.1, 0.15) is 5.75 Å². The highest BCUT2D eigenvalue weighted by Gasteiger charge is 2.11. The smallest absolute Gasteiger partial charge is 0.248 e. The van der Waals surface area contributed by atoms with Gasteiger partial charge in [0, 0.05) is 23.9 Å². The fraction of sp³-hybridized carbons (Fsp3) is 0.125. The lowest BCUT2D eigenvalue weighted by Gasteiger charge is -2.10. The highest BCUT2D eigenvalue weighted by atomic mass is 16.5. The van der Waals surface area contributed by atoms with Gasteiger partial charge in [-0.1, -0.05) is 36.9 Å². The molecule has 0 aliphatic carbocycles. The van der Waals surface area contributed by atoms with E-state index < -0.39 is 5.91 Å². The van der Waals surface area contributed by atoms with Crippen molar-refractivity contribution < 1.29 is 9.53 Å². The van der Waals surface area contributed by atoms with E-state index >= 15 is 0 Å². The quantitative estimate of drug-likeness (QED) is 0.414. The van der Waals surface area contributed by atoms with Crippen LogP contribution < -0.4 is 15.8 Å². The van der Waals surface area contributed by atoms with Crippen LogP contribution in [0.4, 0.5) is 11.6 Å². The van der Waals surface area contributed by atoms with Gasteiger partial charge < -0.3 is 20.7 Å². The number of carbonyl (C=O) groups is 1. The first kappa shape index (κ1) is 21.1. The lowest BCUT2D eigenvalue weighted by molar-refractivity contribution is -0.112. The van der Waals surface area contributed by atoms with Crippen molar-refractivity contribution in [2.45, 2.75) is 6.54 Å². The van der Waals surface area contributed by atoms with Crippen molar-refractivity contribution in [3.63, 3.8) is 0 Å². The molecule has 0 fully saturated rings. The van der Waals surface area contributed by atoms with Crippen LogP contribution in [0.2, 0.25) is 0 Å². The molecule has 0 atom stereocenters. The fourth-order valence-corrected chi connectivity index (χ4v) is 3.21. The number of fused-ring (bicyclic) bond motifs is 1. The number of aromatic nitrogens is 3. The van der Waals surface area contributed by atoms with Crippen molar-refractivity contribution in [3.8, 4) is 11.6 Å². The van der Waals surface area contributed by atoms with Gasteiger partial charge in [-0.05, 0) is 55.6 Å². The second-order valence-electron chi connectivity index (χ2n) is 7.60. The molecule has 3 N–H and O–H groups in total. The van der Waals surface area contributed by atoms with Crippen LogP contribution in [0.3, 0.4) is 0 Å². The third-order valence-corrected chi connectivity index (χ3v) is 4.74. The Balaban J connectivity index is 1.56. The molecule has 2 heterocycles. The van der Waals surface area contributed by atoms with Gasteiger partial charge in [0.2, 0.25) is 17.7 Å². The molecule has 8 heteroatoms. The third-order valence-electron chi connectivity index (χ3n) is 4.74. The Labute approximate surface area is 185 Å². The lowest BCUT2D eigenvalue weighted by atomic mass is 10.1. The summed E-state index contributed by atoms with van der Waals surface area (Å²) in [5.41, 5.74) is 8.89. The lowest BCUT2D eigenvalue weighted by Crippen LogP contribution is -2.11. The fourth-order valence-electron chi connectivity index (χ4n) is 3.21. The van der Waals surface area contributed by atoms with Gasteiger partial charge in [-0.3, -0.25) is 4.79 Å². The predicted octanol–water partition coefficient (Wildman–Crippen LogP) is 3.83. The Kier molecular flexibility index (Phi) is 5.87. The van der Waals surface area contributed by atoms with Crippen LogP contribution in [0.1, 0.15) is 11.1 Å². The van der Waals surface area contributed by atoms with E-state index in [0.717, 1.165) is 12.2 Å². The van der Waals surface area contributed by atoms with Gasteiger partial charge in [0.15, 0.2) is 5.65 Å². The van der Waals surface area contributed by atoms with Gasteiger partial charge in [-0.25, -0.2) is 0 Å². The molecule has 0 bridgehead atoms. The summed E-state index contributed by atoms with van der Waals surface area (Å²) in [4.78, 5) is 18.1. The van der Waals surface area contributed by atoms with Crippen LogP contribution in [0.15, 0.2) is 73.3 Å². The summed E-state index contributed by atoms with van der Waals surface area (Å²) in [5.74, 6) is 0.883. The minimum atomic E-state index is -0.578. The highest BCUT2D eigenvalue weighted by Crippen LogP contribution is 2.26. The molecule has 0 aliphatic rings. The summed E-state index contributed by atoms with van der Waals surface area (Å²) in [6.07, 6.45) is 0. The first-order chi connectivity index (χ1) is 15.4. The number of nitrogens with one attached hydrogen (secondary N) is 1. The number of anilines is 2. The number of amides is 1. The highest BCUT2D eigenvalue weighted by molar-refractivity contribution is 6.17. The molecule has 2 aromatic carbocycles. The number of nitrogens with zero attached hydrogens (tertiary/aromatic N) is 4. The zero-order chi connectivity index (χ0) is 22.7. The van der Waals surface area contributed by atoms with Gasteiger partial charge in [-0.2, -0.15) is 9.50 Å². The van der Waals surface area contributed by atoms with Gasteiger partial charge in [0.05, 0.1) is 0 Å². The zero-order valence-corrected chi connectivity index (χ0v) is 17.9. The normalized spacial score (nSPS) is 11.0. The molecule has 0 spiro atoms. The number of hydrogen-bond acceptors (Lipinski definition) is 6. The zero-order valence-electron chi connectivity index (χ0n) is 17.9. The van der Waals surface area contributed by atoms with Crippen molar-refractivity contribution in [1.82, 2.24) is 19.5 Å². The van der Waals surface area contributed by atoms with Crippen LogP contribution in [0.25, 0.3) is 11.2 Å². The first-order valence-electron chi connectivity index (χ1n) is 10.0. The van der Waals surface area contributed by atoms with Crippen LogP contribution in [0.5, 0.6) is 11.6 Å². The second-order valence-corrected chi connectivity index (χ2v) is 7.60. The minimum absolute atomic E-state index is 0.220. The van der Waals surface area contributed by atoms with Crippen molar-refractivity contribution in [2.75, 3.05) is 19.4 Å². The molecule has 0 saturated heterocycles. The maximum Gasteiger partial charge on any atom is 0.248 e. The van der Waals surface area contributed by atoms with Gasteiger partial charge >= 0.3 is 0 Å². The number of primary amides is 1. The Morgan fingerprint density at radius 2 is 1.88 bits per heavy atom. The monoisotopic (exact) mass is 428 g/mol. The molecule has 4 rings (SSSR count). The molecule has 0 radical (unpaired) electrons. The Morgan fingerprint density at radius 1 is 1.12 bits per heavy atom. The van der Waals surface area contributed by atoms with Crippen molar-refractivity contribution in [1.29, 1.82) is 0 Å². The SMILES string of the molecule is C=C(C(N)=O)c1cccc(Oc2cccc3nc(Nc4ccc(CN(C)C)cc4)nn23)c1. The molecule has 32 heavy (non-hydrogen) atoms. The van der Waals surface area contributed by atoms with Crippen molar-refractivity contribution >= 4 is 28.8 Å². The summed E-state index contributed by atoms with van der Waals surface area (Å²) in [5, 5.41) is 7.76. The number of carbonyl (C=O) groups excluding carboxylic acids is 1. The van der Waals surface area contributed by atoms with E-state index in [-0.39, 0.29) is 5.57 Å². The van der Waals surface area contributed by atoms with Gasteiger partial charge in [-0.15, -0.1) is 5.10 Å². The van der Waals surface area contributed by atoms with E-state index in [0.29, 0.717) is 28.8 Å². The molecule has 0 aliphatic heterocycles. The number of hydrogen-bond donors (Lipinski definition) is 2. The Hall–Kier alpha value is -4.17. The maximum absolute atomic E-state index is 11.4. The molecule has 2 aromatic heterocycles. The molecule has 162 valence electrons. The standard InChI is InChI=1S/C24H24N6O2/c1-16(23(25)31)18-6-4-7-20(14-18)32-22-9-5-8-21-27-24(28-30(21)22)26-19-12-10-17(11-13-19)15-29(2)3/h4-14H,1,15H2,2-3H3,(H2,25,31)(H,26,28). The molecule has 8 nitrogen and oxygen atoms in total. The molecular formula is C24H24N6O2. The first-order valence-corrected chi connectivity index (χ1v) is 10.0. The summed E-state index contributed by atoms with van der Waals surface area (Å²) in [7, 11) is 4.08. The average Bonchev–Trinajstić information content (AvgIpc) is 3.18. The number of ether oxygens (including phenoxy) is 1. The van der Waals surface area contributed by atoms with Crippen LogP contribution in [-0.2, 0) is 11.3 Å². The summed E-state index contributed by atoms with van der Waals surface area (Å²) >= 11 is 0. The molecule has 1 amide bonds. The molecule has 0 saturated carbocycles. The summed E-state index contributed by atoms with van der Waals surface area (Å²) in [6, 6.07) is 20.6. The second kappa shape index (κ2) is 8.91. The largest absolute Gasteiger partial charge is 0.439 e. The number of benzene rings is 2. The van der Waals surface area contributed by atoms with E-state index in [9.17, 15) is 4.79 Å². The summed E-state index contributed by atoms with van der Waals surface area (Å²) in [6.45, 7) is 4.59. The molecule has 4 aromatic rings. The van der Waals surface area contributed by atoms with Crippen molar-refractivity contribution in [3.05, 3.63) is 84.4 Å². The third kappa shape index (κ3) is 4.76. The van der Waals surface area contributed by atoms with Crippen LogP contribution in [0, 0.1) is 0 Å². The Bertz CT molecular complexity index is 1280. The Morgan fingerprint density at radius 3 is 2.59 bits per heavy atom. The van der Waals surface area contributed by atoms with Crippen LogP contribution in [-0.4, -0.2) is 39.5 Å². The van der Waals surface area contributed by atoms with E-state index in [1.807, 2.05) is 38.4 Å². The van der Waals surface area contributed by atoms with E-state index in [1.54, 1.807) is 34.8 Å². The van der Waals surface area contributed by atoms with Crippen molar-refractivity contribution in [2.24, 2.45) is 5.73 Å². The maximum atomic E-state index is 11.4. The molecule has 0 unspecified atom stereocenters. The van der Waals surface area contributed by atoms with E-state index in [2.05, 4.69) is 39.0 Å². The van der Waals surface area contributed by atoms with Gasteiger partial charge in [0.25, 0.3) is 0 Å². The average molecular weight is 428 g/mol. The predicted molar refractivity (Wildman–Crippen MR) is 125 cm³/mol. The topological polar surface area (TPSA) is 97.8 Å². The van der Waals surface area contributed by atoms with Crippen LogP contribution >= 0.6 is 0 Å². The van der Waals surface area contributed by atoms with E-state index in [1.165, 1.54) is 5.56 Å².